The second-order valence-electron chi connectivity index (χ2n) is 7.30. The zero-order chi connectivity index (χ0) is 20.7. The smallest absolute Gasteiger partial charge is 0.266 e. The number of nitrogens with two attached hydrogens (primary N) is 1. The highest BCUT2D eigenvalue weighted by atomic mass is 16.5. The number of nitrogens with zero attached hydrogens (tertiary/aromatic N) is 2. The average Bonchev–Trinajstić information content (AvgIpc) is 3.23. The number of carbonyl (C=O) groups excluding carboxylic acids is 5. The van der Waals surface area contributed by atoms with Gasteiger partial charge in [-0.15, -0.1) is 0 Å². The van der Waals surface area contributed by atoms with Gasteiger partial charge in [0.1, 0.15) is 11.8 Å². The van der Waals surface area contributed by atoms with Crippen molar-refractivity contribution in [2.75, 3.05) is 19.7 Å². The molecule has 3 aliphatic heterocycles. The van der Waals surface area contributed by atoms with Crippen LogP contribution in [0.5, 0.6) is 5.75 Å². The van der Waals surface area contributed by atoms with Crippen LogP contribution < -0.4 is 15.8 Å². The number of carbonyl (C=O) groups is 5. The van der Waals surface area contributed by atoms with Crippen LogP contribution in [0.15, 0.2) is 18.2 Å². The van der Waals surface area contributed by atoms with Crippen molar-refractivity contribution in [3.8, 4) is 5.75 Å². The Balaban J connectivity index is 1.52. The van der Waals surface area contributed by atoms with Gasteiger partial charge in [-0.25, -0.2) is 0 Å². The van der Waals surface area contributed by atoms with Crippen LogP contribution in [-0.2, 0) is 14.4 Å². The van der Waals surface area contributed by atoms with Crippen LogP contribution in [0.3, 0.4) is 0 Å². The van der Waals surface area contributed by atoms with Crippen molar-refractivity contribution in [2.45, 2.75) is 31.3 Å². The lowest BCUT2D eigenvalue weighted by Crippen LogP contribution is -2.54. The lowest BCUT2D eigenvalue weighted by atomic mass is 10.0. The van der Waals surface area contributed by atoms with Crippen LogP contribution in [-0.4, -0.2) is 71.1 Å². The number of piperidine rings is 1. The topological polar surface area (TPSA) is 139 Å². The van der Waals surface area contributed by atoms with Gasteiger partial charge in [0.15, 0.2) is 6.61 Å². The van der Waals surface area contributed by atoms with Crippen LogP contribution >= 0.6 is 0 Å². The number of hydrogen-bond acceptors (Lipinski definition) is 7. The maximum atomic E-state index is 12.9. The molecule has 5 amide bonds. The van der Waals surface area contributed by atoms with Crippen LogP contribution in [0.25, 0.3) is 0 Å². The van der Waals surface area contributed by atoms with E-state index in [0.717, 1.165) is 11.3 Å². The zero-order valence-corrected chi connectivity index (χ0v) is 15.6. The van der Waals surface area contributed by atoms with E-state index in [1.165, 1.54) is 12.1 Å². The minimum atomic E-state index is -1.05. The van der Waals surface area contributed by atoms with Crippen molar-refractivity contribution < 1.29 is 28.7 Å². The van der Waals surface area contributed by atoms with Gasteiger partial charge in [-0.05, 0) is 25.0 Å². The standard InChI is InChI=1S/C19H20N4O6/c20-10-6-7-22(8-10)15(25)9-29-13-3-1-2-11-16(13)19(28)23(18(11)27)12-4-5-14(24)21-17(12)26/h1-3,10,12H,4-9,20H2,(H,21,24,26). The van der Waals surface area contributed by atoms with Gasteiger partial charge in [-0.1, -0.05) is 6.07 Å². The highest BCUT2D eigenvalue weighted by Crippen LogP contribution is 2.33. The third-order valence-electron chi connectivity index (χ3n) is 5.36. The van der Waals surface area contributed by atoms with Gasteiger partial charge in [0.05, 0.1) is 11.1 Å². The lowest BCUT2D eigenvalue weighted by molar-refractivity contribution is -0.136. The minimum absolute atomic E-state index is 0.0214. The largest absolute Gasteiger partial charge is 0.483 e. The van der Waals surface area contributed by atoms with Gasteiger partial charge in [-0.3, -0.25) is 34.2 Å². The summed E-state index contributed by atoms with van der Waals surface area (Å²) in [6.07, 6.45) is 0.833. The Kier molecular flexibility index (Phi) is 4.79. The molecule has 3 N–H and O–H groups in total. The Morgan fingerprint density at radius 2 is 1.97 bits per heavy atom. The molecule has 0 bridgehead atoms. The molecule has 2 atom stereocenters. The Morgan fingerprint density at radius 3 is 2.66 bits per heavy atom. The monoisotopic (exact) mass is 400 g/mol. The molecule has 10 heteroatoms. The number of fused-ring (bicyclic) bond motifs is 1. The second-order valence-corrected chi connectivity index (χ2v) is 7.30. The van der Waals surface area contributed by atoms with E-state index in [1.54, 1.807) is 11.0 Å². The molecule has 0 saturated carbocycles. The van der Waals surface area contributed by atoms with Crippen LogP contribution in [0.2, 0.25) is 0 Å². The molecule has 2 unspecified atom stereocenters. The van der Waals surface area contributed by atoms with Crippen LogP contribution in [0.1, 0.15) is 40.0 Å². The van der Waals surface area contributed by atoms with E-state index >= 15 is 0 Å². The number of rotatable bonds is 4. The average molecular weight is 400 g/mol. The van der Waals surface area contributed by atoms with Crippen molar-refractivity contribution in [1.29, 1.82) is 0 Å². The lowest BCUT2D eigenvalue weighted by Gasteiger charge is -2.27. The van der Waals surface area contributed by atoms with Crippen molar-refractivity contribution in [2.24, 2.45) is 5.73 Å². The molecule has 2 fully saturated rings. The molecule has 2 saturated heterocycles. The summed E-state index contributed by atoms with van der Waals surface area (Å²) in [6, 6.07) is 3.40. The van der Waals surface area contributed by atoms with Crippen LogP contribution in [0.4, 0.5) is 0 Å². The minimum Gasteiger partial charge on any atom is -0.483 e. The highest BCUT2D eigenvalue weighted by molar-refractivity contribution is 6.24. The molecule has 0 aliphatic carbocycles. The molecule has 0 radical (unpaired) electrons. The third kappa shape index (κ3) is 3.35. The number of likely N-dealkylation sites (tertiary alicyclic amines) is 1. The van der Waals surface area contributed by atoms with Gasteiger partial charge in [-0.2, -0.15) is 0 Å². The fourth-order valence-electron chi connectivity index (χ4n) is 3.85. The van der Waals surface area contributed by atoms with Crippen molar-refractivity contribution in [3.63, 3.8) is 0 Å². The molecule has 10 nitrogen and oxygen atoms in total. The molecule has 1 aromatic carbocycles. The number of ether oxygens (including phenoxy) is 1. The Bertz CT molecular complexity index is 929. The molecule has 152 valence electrons. The van der Waals surface area contributed by atoms with Gasteiger partial charge < -0.3 is 15.4 Å². The number of amides is 5. The number of hydrogen-bond donors (Lipinski definition) is 2. The summed E-state index contributed by atoms with van der Waals surface area (Å²) in [5.74, 6) is -2.57. The predicted molar refractivity (Wildman–Crippen MR) is 97.8 cm³/mol. The molecule has 0 spiro atoms. The number of imide groups is 2. The normalized spacial score (nSPS) is 24.0. The fourth-order valence-corrected chi connectivity index (χ4v) is 3.85. The second kappa shape index (κ2) is 7.28. The van der Waals surface area contributed by atoms with E-state index in [4.69, 9.17) is 10.5 Å². The van der Waals surface area contributed by atoms with E-state index in [9.17, 15) is 24.0 Å². The molecule has 3 heterocycles. The predicted octanol–water partition coefficient (Wildman–Crippen LogP) is -0.974. The van der Waals surface area contributed by atoms with E-state index in [0.29, 0.717) is 13.1 Å². The van der Waals surface area contributed by atoms with Gasteiger partial charge in [0, 0.05) is 25.6 Å². The summed E-state index contributed by atoms with van der Waals surface area (Å²) in [5.41, 5.74) is 5.93. The molecule has 1 aromatic rings. The summed E-state index contributed by atoms with van der Waals surface area (Å²) < 4.78 is 5.57. The molecule has 0 aromatic heterocycles. The van der Waals surface area contributed by atoms with Crippen molar-refractivity contribution in [1.82, 2.24) is 15.1 Å². The summed E-state index contributed by atoms with van der Waals surface area (Å²) in [5, 5.41) is 2.15. The molecule has 4 rings (SSSR count). The van der Waals surface area contributed by atoms with E-state index in [-0.39, 0.29) is 48.3 Å². The van der Waals surface area contributed by atoms with Gasteiger partial charge in [0.25, 0.3) is 17.7 Å². The zero-order valence-electron chi connectivity index (χ0n) is 15.6. The number of nitrogens with one attached hydrogen (secondary N) is 1. The fraction of sp³-hybridized carbons (Fsp3) is 0.421. The summed E-state index contributed by atoms with van der Waals surface area (Å²) in [7, 11) is 0. The van der Waals surface area contributed by atoms with E-state index in [1.807, 2.05) is 0 Å². The summed E-state index contributed by atoms with van der Waals surface area (Å²) in [6.45, 7) is 0.718. The maximum Gasteiger partial charge on any atom is 0.266 e. The molecular formula is C19H20N4O6. The highest BCUT2D eigenvalue weighted by Gasteiger charge is 2.46. The Labute approximate surface area is 165 Å². The Morgan fingerprint density at radius 1 is 1.17 bits per heavy atom. The quantitative estimate of drug-likeness (QED) is 0.620. The first-order valence-corrected chi connectivity index (χ1v) is 9.37. The summed E-state index contributed by atoms with van der Waals surface area (Å²) >= 11 is 0. The van der Waals surface area contributed by atoms with E-state index < -0.39 is 29.7 Å². The maximum absolute atomic E-state index is 12.9. The third-order valence-corrected chi connectivity index (χ3v) is 5.36. The van der Waals surface area contributed by atoms with E-state index in [2.05, 4.69) is 5.32 Å². The molecular weight excluding hydrogens is 380 g/mol. The Hall–Kier alpha value is -3.27. The summed E-state index contributed by atoms with van der Waals surface area (Å²) in [4.78, 5) is 64.0. The van der Waals surface area contributed by atoms with Gasteiger partial charge in [0.2, 0.25) is 11.8 Å². The van der Waals surface area contributed by atoms with Crippen LogP contribution in [0, 0.1) is 0 Å². The van der Waals surface area contributed by atoms with Crippen molar-refractivity contribution >= 4 is 29.5 Å². The SMILES string of the molecule is NC1CCN(C(=O)COc2cccc3c2C(=O)N(C2CCC(=O)NC2=O)C3=O)C1. The first kappa shape index (κ1) is 19.1. The first-order valence-electron chi connectivity index (χ1n) is 9.37. The van der Waals surface area contributed by atoms with Crippen molar-refractivity contribution in [3.05, 3.63) is 29.3 Å². The molecule has 3 aliphatic rings. The molecule has 29 heavy (non-hydrogen) atoms. The van der Waals surface area contributed by atoms with Gasteiger partial charge >= 0.3 is 0 Å². The first-order chi connectivity index (χ1) is 13.9. The number of benzene rings is 1.